The van der Waals surface area contributed by atoms with Gasteiger partial charge in [0, 0.05) is 0 Å². The van der Waals surface area contributed by atoms with Gasteiger partial charge in [0.15, 0.2) is 0 Å². The molecule has 0 aliphatic heterocycles. The average molecular weight is 218 g/mol. The van der Waals surface area contributed by atoms with Crippen LogP contribution in [0, 0.1) is 0 Å². The third kappa shape index (κ3) is 27.8. The number of hydrogen-bond acceptors (Lipinski definition) is 2. The van der Waals surface area contributed by atoms with E-state index in [4.69, 9.17) is 13.3 Å². The second kappa shape index (κ2) is 5.64. The number of hydrogen-bond donors (Lipinski definition) is 1. The number of rotatable bonds is 0. The maximum Gasteiger partial charge on any atom is 2.00 e. The van der Waals surface area contributed by atoms with E-state index < -0.39 is 11.4 Å². The molecule has 0 aliphatic rings. The minimum absolute atomic E-state index is 0. The van der Waals surface area contributed by atoms with Crippen molar-refractivity contribution in [2.75, 3.05) is 0 Å². The molecule has 0 amide bonds. The summed E-state index contributed by atoms with van der Waals surface area (Å²) in [6, 6.07) is 0. The van der Waals surface area contributed by atoms with Gasteiger partial charge in [0.05, 0.1) is 11.4 Å². The van der Waals surface area contributed by atoms with Gasteiger partial charge in [-0.1, -0.05) is 0 Å². The zero-order valence-corrected chi connectivity index (χ0v) is 7.64. The molecule has 1 unspecified atom stereocenters. The standard InChI is InChI=1S/Ba.H2O3S/c;1-4(2)3/h;(H2,1,2,3)/q+2;/p-1. The fourth-order valence-electron chi connectivity index (χ4n) is 0. The van der Waals surface area contributed by atoms with Crippen molar-refractivity contribution in [1.29, 1.82) is 0 Å². The monoisotopic (exact) mass is 219 g/mol. The van der Waals surface area contributed by atoms with Crippen LogP contribution in [-0.2, 0) is 11.4 Å². The molecule has 1 N–H and O–H groups in total. The van der Waals surface area contributed by atoms with E-state index >= 15 is 0 Å². The molecule has 1 atom stereocenters. The molecule has 0 fully saturated rings. The zero-order valence-electron chi connectivity index (χ0n) is 2.38. The van der Waals surface area contributed by atoms with E-state index in [1.54, 1.807) is 0 Å². The van der Waals surface area contributed by atoms with Crippen LogP contribution >= 0.6 is 0 Å². The van der Waals surface area contributed by atoms with Gasteiger partial charge in [-0.25, -0.2) is 4.21 Å². The van der Waals surface area contributed by atoms with Gasteiger partial charge >= 0.3 is 48.9 Å². The van der Waals surface area contributed by atoms with Gasteiger partial charge in [0.2, 0.25) is 0 Å². The summed E-state index contributed by atoms with van der Waals surface area (Å²) in [5.74, 6) is 0. The molecule has 0 bridgehead atoms. The zero-order chi connectivity index (χ0) is 3.58. The predicted molar refractivity (Wildman–Crippen MR) is 17.3 cm³/mol. The summed E-state index contributed by atoms with van der Waals surface area (Å²) in [6.45, 7) is 0. The van der Waals surface area contributed by atoms with Crippen LogP contribution in [0.5, 0.6) is 0 Å². The van der Waals surface area contributed by atoms with E-state index in [9.17, 15) is 0 Å². The van der Waals surface area contributed by atoms with Crippen LogP contribution in [0.2, 0.25) is 0 Å². The van der Waals surface area contributed by atoms with Crippen LogP contribution in [0.4, 0.5) is 0 Å². The van der Waals surface area contributed by atoms with Crippen LogP contribution in [0.3, 0.4) is 0 Å². The summed E-state index contributed by atoms with van der Waals surface area (Å²) >= 11 is -2.86. The molecule has 0 aliphatic carbocycles. The van der Waals surface area contributed by atoms with Crippen molar-refractivity contribution in [3.05, 3.63) is 0 Å². The quantitative estimate of drug-likeness (QED) is 0.417. The normalized spacial score (nSPS) is 12.4. The van der Waals surface area contributed by atoms with E-state index in [0.717, 1.165) is 0 Å². The van der Waals surface area contributed by atoms with Gasteiger partial charge in [0.1, 0.15) is 0 Å². The molecule has 0 saturated carbocycles. The maximum absolute atomic E-state index is 8.56. The molecule has 0 rings (SSSR count). The first kappa shape index (κ1) is 9.81. The van der Waals surface area contributed by atoms with Crippen LogP contribution in [-0.4, -0.2) is 62.2 Å². The summed E-state index contributed by atoms with van der Waals surface area (Å²) in [5.41, 5.74) is 0. The first-order valence-electron chi connectivity index (χ1n) is 0.516. The van der Waals surface area contributed by atoms with Crippen LogP contribution in [0.15, 0.2) is 0 Å². The molecule has 0 saturated heterocycles. The van der Waals surface area contributed by atoms with E-state index in [1.807, 2.05) is 0 Å². The molecule has 5 heavy (non-hydrogen) atoms. The Morgan fingerprint density at radius 1 is 1.80 bits per heavy atom. The van der Waals surface area contributed by atoms with Crippen molar-refractivity contribution in [1.82, 2.24) is 0 Å². The summed E-state index contributed by atoms with van der Waals surface area (Å²) in [7, 11) is 0. The van der Waals surface area contributed by atoms with E-state index in [2.05, 4.69) is 0 Å². The van der Waals surface area contributed by atoms with Crippen LogP contribution in [0.1, 0.15) is 0 Å². The Hall–Kier alpha value is 1.64. The fraction of sp³-hybridized carbons (Fsp3) is 0. The Kier molecular flexibility index (Phi) is 11.1. The second-order valence-electron chi connectivity index (χ2n) is 0.217. The third-order valence-corrected chi connectivity index (χ3v) is 0. The van der Waals surface area contributed by atoms with Crippen molar-refractivity contribution in [3.63, 3.8) is 0 Å². The molecule has 0 heterocycles. The van der Waals surface area contributed by atoms with Gasteiger partial charge < -0.3 is 9.11 Å². The van der Waals surface area contributed by atoms with Gasteiger partial charge in [-0.2, -0.15) is 0 Å². The second-order valence-corrected chi connectivity index (χ2v) is 0.651. The molecule has 0 aromatic carbocycles. The molecule has 0 aromatic heterocycles. The van der Waals surface area contributed by atoms with Crippen LogP contribution in [0.25, 0.3) is 0 Å². The Balaban J connectivity index is 0. The van der Waals surface area contributed by atoms with Gasteiger partial charge in [-0.3, -0.25) is 0 Å². The van der Waals surface area contributed by atoms with Crippen molar-refractivity contribution in [3.8, 4) is 0 Å². The topological polar surface area (TPSA) is 60.4 Å². The summed E-state index contributed by atoms with van der Waals surface area (Å²) in [4.78, 5) is 0. The first-order chi connectivity index (χ1) is 1.73. The smallest absolute Gasteiger partial charge is 0.750 e. The van der Waals surface area contributed by atoms with Crippen molar-refractivity contribution < 1.29 is 13.3 Å². The molecule has 26 valence electrons. The van der Waals surface area contributed by atoms with Crippen molar-refractivity contribution in [2.24, 2.45) is 0 Å². The Bertz CT molecular complexity index is 29.9. The molecule has 0 spiro atoms. The molecule has 0 aromatic rings. The molecule has 0 radical (unpaired) electrons. The molecular weight excluding hydrogens is 217 g/mol. The largest absolute Gasteiger partial charge is 2.00 e. The van der Waals surface area contributed by atoms with Crippen molar-refractivity contribution >= 4 is 60.2 Å². The fourth-order valence-corrected chi connectivity index (χ4v) is 0. The van der Waals surface area contributed by atoms with E-state index in [-0.39, 0.29) is 48.9 Å². The predicted octanol–water partition coefficient (Wildman–Crippen LogP) is -1.04. The van der Waals surface area contributed by atoms with Gasteiger partial charge in [-0.05, 0) is 0 Å². The molecule has 3 nitrogen and oxygen atoms in total. The molecule has 5 heteroatoms. The summed E-state index contributed by atoms with van der Waals surface area (Å²) in [6.07, 6.45) is 0. The van der Waals surface area contributed by atoms with Gasteiger partial charge in [-0.15, -0.1) is 0 Å². The maximum atomic E-state index is 8.56. The Morgan fingerprint density at radius 2 is 1.80 bits per heavy atom. The first-order valence-corrected chi connectivity index (χ1v) is 1.55. The third-order valence-electron chi connectivity index (χ3n) is 0. The minimum atomic E-state index is -2.86. The minimum Gasteiger partial charge on any atom is -0.750 e. The van der Waals surface area contributed by atoms with E-state index in [1.165, 1.54) is 0 Å². The molecular formula is HBaO3S+. The Labute approximate surface area is 72.3 Å². The van der Waals surface area contributed by atoms with Crippen molar-refractivity contribution in [2.45, 2.75) is 0 Å². The Morgan fingerprint density at radius 3 is 1.80 bits per heavy atom. The van der Waals surface area contributed by atoms with Crippen LogP contribution < -0.4 is 0 Å². The van der Waals surface area contributed by atoms with Gasteiger partial charge in [0.25, 0.3) is 0 Å². The average Bonchev–Trinajstić information content (AvgIpc) is 0.811. The summed E-state index contributed by atoms with van der Waals surface area (Å²) in [5, 5.41) is 0. The summed E-state index contributed by atoms with van der Waals surface area (Å²) < 4.78 is 24.1. The van der Waals surface area contributed by atoms with E-state index in [0.29, 0.717) is 0 Å². The SMILES string of the molecule is O=S([O-])O.[Ba+2].